The molecule has 1 aromatic carbocycles. The first-order chi connectivity index (χ1) is 14.2. The molecule has 3 aromatic rings. The van der Waals surface area contributed by atoms with Crippen LogP contribution in [0.1, 0.15) is 34.3 Å². The molecule has 0 radical (unpaired) electrons. The number of nitrogens with zero attached hydrogens (tertiary/aromatic N) is 2. The van der Waals surface area contributed by atoms with Gasteiger partial charge < -0.3 is 10.4 Å². The van der Waals surface area contributed by atoms with Crippen LogP contribution < -0.4 is 5.32 Å². The van der Waals surface area contributed by atoms with Crippen molar-refractivity contribution in [3.8, 4) is 0 Å². The van der Waals surface area contributed by atoms with E-state index >= 15 is 0 Å². The zero-order chi connectivity index (χ0) is 21.3. The third-order valence-corrected chi connectivity index (χ3v) is 6.35. The summed E-state index contributed by atoms with van der Waals surface area (Å²) in [6.45, 7) is 0. The van der Waals surface area contributed by atoms with Crippen molar-refractivity contribution in [2.75, 3.05) is 0 Å². The molecule has 2 saturated carbocycles. The van der Waals surface area contributed by atoms with Gasteiger partial charge in [0.1, 0.15) is 0 Å². The quantitative estimate of drug-likeness (QED) is 0.584. The number of H-pyrrole nitrogens is 1. The number of amides is 1. The number of aliphatic hydroxyl groups is 1. The zero-order valence-corrected chi connectivity index (χ0v) is 16.1. The molecule has 2 aliphatic carbocycles. The number of nitrogens with one attached hydrogen (secondary N) is 2. The number of benzene rings is 1. The summed E-state index contributed by atoms with van der Waals surface area (Å²) < 4.78 is 38.5. The van der Waals surface area contributed by atoms with Crippen molar-refractivity contribution < 1.29 is 23.1 Å². The highest BCUT2D eigenvalue weighted by Crippen LogP contribution is 2.60. The topological polar surface area (TPSA) is 90.9 Å². The van der Waals surface area contributed by atoms with Crippen LogP contribution in [0.15, 0.2) is 36.8 Å². The first-order valence-electron chi connectivity index (χ1n) is 9.34. The predicted octanol–water partition coefficient (Wildman–Crippen LogP) is 3.66. The average Bonchev–Trinajstić information content (AvgIpc) is 3.03. The normalized spacial score (nSPS) is 27.8. The number of hydrogen-bond donors (Lipinski definition) is 3. The van der Waals surface area contributed by atoms with E-state index in [1.807, 2.05) is 0 Å². The van der Waals surface area contributed by atoms with Gasteiger partial charge in [-0.2, -0.15) is 18.3 Å². The predicted molar refractivity (Wildman–Crippen MR) is 102 cm³/mol. The van der Waals surface area contributed by atoms with Crippen LogP contribution in [-0.2, 0) is 11.8 Å². The minimum Gasteiger partial charge on any atom is -0.385 e. The Balaban J connectivity index is 1.30. The second-order valence-electron chi connectivity index (χ2n) is 8.01. The standard InChI is InChI=1S/C20H16ClF3N4O2/c21-11-2-15(14-8-26-28-16(14)3-11)19(30)4-12-13(5-19)17(12)27-18(29)9-1-10(7-25-6-9)20(22,23)24/h1-3,6-8,12-13,17,30H,4-5H2,(H,26,28)(H,27,29)/t12-,13+,17?,19+. The Labute approximate surface area is 173 Å². The fourth-order valence-electron chi connectivity index (χ4n) is 4.65. The third kappa shape index (κ3) is 3.13. The molecule has 2 aromatic heterocycles. The molecule has 0 spiro atoms. The van der Waals surface area contributed by atoms with Gasteiger partial charge in [-0.05, 0) is 48.4 Å². The minimum atomic E-state index is -4.56. The lowest BCUT2D eigenvalue weighted by molar-refractivity contribution is -0.137. The molecule has 2 aliphatic rings. The number of pyridine rings is 1. The highest BCUT2D eigenvalue weighted by atomic mass is 35.5. The molecular formula is C20H16ClF3N4O2. The summed E-state index contributed by atoms with van der Waals surface area (Å²) in [5, 5.41) is 22.2. The number of hydrogen-bond acceptors (Lipinski definition) is 4. The van der Waals surface area contributed by atoms with Crippen LogP contribution in [0.5, 0.6) is 0 Å². The maximum absolute atomic E-state index is 12.8. The van der Waals surface area contributed by atoms with Crippen molar-refractivity contribution in [3.63, 3.8) is 0 Å². The lowest BCUT2D eigenvalue weighted by Gasteiger charge is -2.27. The van der Waals surface area contributed by atoms with Gasteiger partial charge in [0.05, 0.1) is 28.4 Å². The number of fused-ring (bicyclic) bond motifs is 2. The Kier molecular flexibility index (Phi) is 4.14. The highest BCUT2D eigenvalue weighted by Gasteiger charge is 2.62. The van der Waals surface area contributed by atoms with E-state index < -0.39 is 23.2 Å². The van der Waals surface area contributed by atoms with Gasteiger partial charge in [0.15, 0.2) is 0 Å². The minimum absolute atomic E-state index is 0.0404. The Morgan fingerprint density at radius 3 is 2.63 bits per heavy atom. The van der Waals surface area contributed by atoms with Crippen molar-refractivity contribution in [3.05, 3.63) is 58.5 Å². The van der Waals surface area contributed by atoms with Crippen molar-refractivity contribution in [1.29, 1.82) is 0 Å². The smallest absolute Gasteiger partial charge is 0.385 e. The summed E-state index contributed by atoms with van der Waals surface area (Å²) in [7, 11) is 0. The van der Waals surface area contributed by atoms with Crippen LogP contribution in [0.4, 0.5) is 13.2 Å². The van der Waals surface area contributed by atoms with E-state index in [9.17, 15) is 23.1 Å². The summed E-state index contributed by atoms with van der Waals surface area (Å²) in [5.74, 6) is -0.520. The second-order valence-corrected chi connectivity index (χ2v) is 8.45. The Bertz CT molecular complexity index is 1150. The molecule has 0 saturated heterocycles. The molecular weight excluding hydrogens is 421 g/mol. The lowest BCUT2D eigenvalue weighted by atomic mass is 9.86. The highest BCUT2D eigenvalue weighted by molar-refractivity contribution is 6.31. The lowest BCUT2D eigenvalue weighted by Crippen LogP contribution is -2.33. The summed E-state index contributed by atoms with van der Waals surface area (Å²) in [5.41, 5.74) is -0.779. The van der Waals surface area contributed by atoms with Crippen LogP contribution in [0.25, 0.3) is 10.9 Å². The molecule has 2 heterocycles. The average molecular weight is 437 g/mol. The number of aromatic amines is 1. The fraction of sp³-hybridized carbons (Fsp3) is 0.350. The van der Waals surface area contributed by atoms with Crippen molar-refractivity contribution in [1.82, 2.24) is 20.5 Å². The molecule has 10 heteroatoms. The van der Waals surface area contributed by atoms with Crippen LogP contribution >= 0.6 is 11.6 Å². The summed E-state index contributed by atoms with van der Waals surface area (Å²) in [4.78, 5) is 15.9. The molecule has 4 atom stereocenters. The van der Waals surface area contributed by atoms with Crippen molar-refractivity contribution in [2.45, 2.75) is 30.7 Å². The number of carbonyl (C=O) groups is 1. The van der Waals surface area contributed by atoms with Crippen LogP contribution in [0.3, 0.4) is 0 Å². The number of rotatable bonds is 3. The molecule has 5 rings (SSSR count). The molecule has 1 amide bonds. The maximum Gasteiger partial charge on any atom is 0.417 e. The van der Waals surface area contributed by atoms with Crippen molar-refractivity contribution in [2.24, 2.45) is 11.8 Å². The molecule has 2 fully saturated rings. The summed E-state index contributed by atoms with van der Waals surface area (Å²) in [6.07, 6.45) is -0.284. The van der Waals surface area contributed by atoms with Gasteiger partial charge in [0, 0.05) is 28.8 Å². The van der Waals surface area contributed by atoms with Crippen LogP contribution in [0.2, 0.25) is 5.02 Å². The third-order valence-electron chi connectivity index (χ3n) is 6.13. The molecule has 30 heavy (non-hydrogen) atoms. The van der Waals surface area contributed by atoms with E-state index in [-0.39, 0.29) is 23.4 Å². The van der Waals surface area contributed by atoms with E-state index in [1.54, 1.807) is 18.3 Å². The Morgan fingerprint density at radius 1 is 1.20 bits per heavy atom. The van der Waals surface area contributed by atoms with Gasteiger partial charge in [0.25, 0.3) is 5.91 Å². The second kappa shape index (κ2) is 6.42. The largest absolute Gasteiger partial charge is 0.417 e. The van der Waals surface area contributed by atoms with E-state index in [2.05, 4.69) is 20.5 Å². The zero-order valence-electron chi connectivity index (χ0n) is 15.4. The molecule has 1 unspecified atom stereocenters. The number of carbonyl (C=O) groups excluding carboxylic acids is 1. The molecule has 6 nitrogen and oxygen atoms in total. The van der Waals surface area contributed by atoms with Gasteiger partial charge in [-0.1, -0.05) is 11.6 Å². The molecule has 0 aliphatic heterocycles. The van der Waals surface area contributed by atoms with Gasteiger partial charge >= 0.3 is 6.18 Å². The molecule has 0 bridgehead atoms. The van der Waals surface area contributed by atoms with Gasteiger partial charge in [-0.15, -0.1) is 0 Å². The van der Waals surface area contributed by atoms with E-state index in [4.69, 9.17) is 11.6 Å². The monoisotopic (exact) mass is 436 g/mol. The SMILES string of the molecule is O=C(NC1[C@H]2C[C@](O)(c3cc(Cl)cc4[nH]ncc34)C[C@@H]12)c1cncc(C(F)(F)F)c1. The maximum atomic E-state index is 12.8. The van der Waals surface area contributed by atoms with Crippen LogP contribution in [0, 0.1) is 11.8 Å². The summed E-state index contributed by atoms with van der Waals surface area (Å²) in [6, 6.07) is 4.06. The van der Waals surface area contributed by atoms with E-state index in [0.717, 1.165) is 23.2 Å². The summed E-state index contributed by atoms with van der Waals surface area (Å²) >= 11 is 6.18. The molecule has 156 valence electrons. The van der Waals surface area contributed by atoms with Gasteiger partial charge in [-0.3, -0.25) is 14.9 Å². The Morgan fingerprint density at radius 2 is 1.93 bits per heavy atom. The van der Waals surface area contributed by atoms with Crippen molar-refractivity contribution >= 4 is 28.4 Å². The van der Waals surface area contributed by atoms with Crippen LogP contribution in [-0.4, -0.2) is 32.2 Å². The number of aromatic nitrogens is 3. The first-order valence-corrected chi connectivity index (χ1v) is 9.72. The first kappa shape index (κ1) is 19.3. The van der Waals surface area contributed by atoms with Gasteiger partial charge in [-0.25, -0.2) is 0 Å². The van der Waals surface area contributed by atoms with Gasteiger partial charge in [0.2, 0.25) is 0 Å². The van der Waals surface area contributed by atoms with E-state index in [1.165, 1.54) is 0 Å². The Hall–Kier alpha value is -2.65. The molecule has 3 N–H and O–H groups in total. The number of halogens is 4. The van der Waals surface area contributed by atoms with E-state index in [0.29, 0.717) is 29.6 Å². The fourth-order valence-corrected chi connectivity index (χ4v) is 4.87. The number of alkyl halides is 3.